The van der Waals surface area contributed by atoms with Crippen LogP contribution >= 0.6 is 0 Å². The van der Waals surface area contributed by atoms with Gasteiger partial charge in [-0.1, -0.05) is 30.3 Å². The summed E-state index contributed by atoms with van der Waals surface area (Å²) in [6.07, 6.45) is 2.72. The molecule has 2 saturated heterocycles. The lowest BCUT2D eigenvalue weighted by atomic mass is 9.89. The minimum absolute atomic E-state index is 0.0252. The average Bonchev–Trinajstić information content (AvgIpc) is 3.11. The van der Waals surface area contributed by atoms with E-state index in [1.165, 1.54) is 0 Å². The van der Waals surface area contributed by atoms with Gasteiger partial charge in [-0.2, -0.15) is 0 Å². The van der Waals surface area contributed by atoms with E-state index in [-0.39, 0.29) is 29.9 Å². The Kier molecular flexibility index (Phi) is 5.35. The van der Waals surface area contributed by atoms with Crippen molar-refractivity contribution in [3.63, 3.8) is 0 Å². The number of hydrogen-bond acceptors (Lipinski definition) is 3. The highest BCUT2D eigenvalue weighted by atomic mass is 16.5. The molecule has 0 aliphatic carbocycles. The molecule has 0 spiro atoms. The van der Waals surface area contributed by atoms with E-state index < -0.39 is 0 Å². The normalized spacial score (nSPS) is 27.0. The molecule has 0 aromatic heterocycles. The van der Waals surface area contributed by atoms with E-state index in [9.17, 15) is 9.59 Å². The van der Waals surface area contributed by atoms with Crippen LogP contribution in [0, 0.1) is 11.8 Å². The number of nitrogens with one attached hydrogen (secondary N) is 1. The fraction of sp³-hybridized carbons (Fsp3) is 0.556. The van der Waals surface area contributed by atoms with Crippen LogP contribution in [0.5, 0.6) is 0 Å². The molecule has 130 valence electrons. The maximum atomic E-state index is 12.3. The fourth-order valence-corrected chi connectivity index (χ4v) is 3.57. The lowest BCUT2D eigenvalue weighted by Crippen LogP contribution is -2.43. The zero-order chi connectivity index (χ0) is 16.9. The van der Waals surface area contributed by atoms with Crippen molar-refractivity contribution in [2.24, 2.45) is 17.6 Å². The summed E-state index contributed by atoms with van der Waals surface area (Å²) in [7, 11) is 0. The number of primary amides is 1. The van der Waals surface area contributed by atoms with Crippen LogP contribution in [0.15, 0.2) is 30.3 Å². The Morgan fingerprint density at radius 3 is 2.75 bits per heavy atom. The molecule has 3 atom stereocenters. The topological polar surface area (TPSA) is 84.7 Å². The molecule has 6 nitrogen and oxygen atoms in total. The predicted octanol–water partition coefficient (Wildman–Crippen LogP) is 1.67. The lowest BCUT2D eigenvalue weighted by molar-refractivity contribution is -0.121. The number of ether oxygens (including phenoxy) is 1. The zero-order valence-corrected chi connectivity index (χ0v) is 13.8. The van der Waals surface area contributed by atoms with Gasteiger partial charge in [0.05, 0.1) is 12.0 Å². The summed E-state index contributed by atoms with van der Waals surface area (Å²) >= 11 is 0. The summed E-state index contributed by atoms with van der Waals surface area (Å²) in [5.41, 5.74) is 6.48. The summed E-state index contributed by atoms with van der Waals surface area (Å²) < 4.78 is 5.96. The van der Waals surface area contributed by atoms with Crippen LogP contribution < -0.4 is 11.1 Å². The molecule has 3 rings (SSSR count). The van der Waals surface area contributed by atoms with Crippen LogP contribution in [0.4, 0.5) is 4.79 Å². The highest BCUT2D eigenvalue weighted by molar-refractivity contribution is 5.80. The van der Waals surface area contributed by atoms with Crippen molar-refractivity contribution in [1.29, 1.82) is 0 Å². The summed E-state index contributed by atoms with van der Waals surface area (Å²) in [5.74, 6) is -0.277. The second-order valence-electron chi connectivity index (χ2n) is 6.62. The second-order valence-corrected chi connectivity index (χ2v) is 6.62. The second kappa shape index (κ2) is 7.66. The molecule has 0 saturated carbocycles. The molecule has 1 aromatic rings. The summed E-state index contributed by atoms with van der Waals surface area (Å²) in [4.78, 5) is 25.2. The van der Waals surface area contributed by atoms with Crippen LogP contribution in [0.25, 0.3) is 0 Å². The molecule has 3 N–H and O–H groups in total. The van der Waals surface area contributed by atoms with E-state index in [0.717, 1.165) is 25.0 Å². The fourth-order valence-electron chi connectivity index (χ4n) is 3.57. The zero-order valence-electron chi connectivity index (χ0n) is 13.8. The molecule has 24 heavy (non-hydrogen) atoms. The number of hydrogen-bond donors (Lipinski definition) is 2. The maximum absolute atomic E-state index is 12.3. The largest absolute Gasteiger partial charge is 0.373 e. The first-order chi connectivity index (χ1) is 11.6. The van der Waals surface area contributed by atoms with Crippen molar-refractivity contribution in [1.82, 2.24) is 10.2 Å². The molecule has 2 aliphatic rings. The average molecular weight is 331 g/mol. The molecular weight excluding hydrogens is 306 g/mol. The maximum Gasteiger partial charge on any atom is 0.317 e. The van der Waals surface area contributed by atoms with Gasteiger partial charge in [0.15, 0.2) is 0 Å². The van der Waals surface area contributed by atoms with E-state index in [4.69, 9.17) is 10.5 Å². The Hall–Kier alpha value is -2.08. The number of rotatable bonds is 4. The van der Waals surface area contributed by atoms with Crippen LogP contribution in [0.2, 0.25) is 0 Å². The third kappa shape index (κ3) is 3.87. The van der Waals surface area contributed by atoms with Gasteiger partial charge in [0, 0.05) is 32.2 Å². The predicted molar refractivity (Wildman–Crippen MR) is 90.1 cm³/mol. The molecule has 0 bridgehead atoms. The number of likely N-dealkylation sites (tertiary alicyclic amines) is 1. The van der Waals surface area contributed by atoms with E-state index in [0.29, 0.717) is 26.1 Å². The Morgan fingerprint density at radius 2 is 2.04 bits per heavy atom. The van der Waals surface area contributed by atoms with Crippen LogP contribution in [0.3, 0.4) is 0 Å². The van der Waals surface area contributed by atoms with Gasteiger partial charge in [0.25, 0.3) is 0 Å². The Labute approximate surface area is 142 Å². The van der Waals surface area contributed by atoms with Crippen LogP contribution in [-0.4, -0.2) is 43.1 Å². The van der Waals surface area contributed by atoms with Crippen LogP contribution in [0.1, 0.15) is 30.9 Å². The summed E-state index contributed by atoms with van der Waals surface area (Å²) in [5, 5.41) is 3.01. The summed E-state index contributed by atoms with van der Waals surface area (Å²) in [6, 6.07) is 10.0. The highest BCUT2D eigenvalue weighted by Crippen LogP contribution is 2.33. The first kappa shape index (κ1) is 16.8. The van der Waals surface area contributed by atoms with Gasteiger partial charge in [-0.15, -0.1) is 0 Å². The number of carbonyl (C=O) groups is 2. The molecule has 2 fully saturated rings. The van der Waals surface area contributed by atoms with Crippen molar-refractivity contribution in [2.45, 2.75) is 25.4 Å². The SMILES string of the molecule is NC(=O)[C@@H]1CCN(C(=O)NC[C@@H]2CCCO[C@@H]2c2ccccc2)C1. The number of nitrogens with zero attached hydrogens (tertiary/aromatic N) is 1. The van der Waals surface area contributed by atoms with Gasteiger partial charge in [-0.05, 0) is 24.8 Å². The van der Waals surface area contributed by atoms with Crippen molar-refractivity contribution in [3.05, 3.63) is 35.9 Å². The number of urea groups is 1. The van der Waals surface area contributed by atoms with Crippen molar-refractivity contribution in [2.75, 3.05) is 26.2 Å². The van der Waals surface area contributed by atoms with E-state index in [1.54, 1.807) is 4.90 Å². The van der Waals surface area contributed by atoms with Crippen molar-refractivity contribution >= 4 is 11.9 Å². The third-order valence-electron chi connectivity index (χ3n) is 4.97. The van der Waals surface area contributed by atoms with Gasteiger partial charge in [0.1, 0.15) is 0 Å². The molecule has 1 aromatic carbocycles. The highest BCUT2D eigenvalue weighted by Gasteiger charge is 2.31. The quantitative estimate of drug-likeness (QED) is 0.880. The van der Waals surface area contributed by atoms with Crippen molar-refractivity contribution in [3.8, 4) is 0 Å². The number of amides is 3. The molecule has 3 amide bonds. The molecule has 6 heteroatoms. The van der Waals surface area contributed by atoms with E-state index >= 15 is 0 Å². The molecule has 0 radical (unpaired) electrons. The molecule has 0 unspecified atom stereocenters. The first-order valence-corrected chi connectivity index (χ1v) is 8.64. The monoisotopic (exact) mass is 331 g/mol. The Morgan fingerprint density at radius 1 is 1.25 bits per heavy atom. The molecule has 2 heterocycles. The van der Waals surface area contributed by atoms with E-state index in [1.807, 2.05) is 18.2 Å². The van der Waals surface area contributed by atoms with Crippen molar-refractivity contribution < 1.29 is 14.3 Å². The molecular formula is C18H25N3O3. The van der Waals surface area contributed by atoms with Crippen LogP contribution in [-0.2, 0) is 9.53 Å². The summed E-state index contributed by atoms with van der Waals surface area (Å²) in [6.45, 7) is 2.35. The number of nitrogens with two attached hydrogens (primary N) is 1. The standard InChI is InChI=1S/C18H25N3O3/c19-17(22)15-8-9-21(12-15)18(23)20-11-14-7-4-10-24-16(14)13-5-2-1-3-6-13/h1-3,5-6,14-16H,4,7-12H2,(H2,19,22)(H,20,23)/t14-,15+,16+/m0/s1. The smallest absolute Gasteiger partial charge is 0.317 e. The van der Waals surface area contributed by atoms with Gasteiger partial charge in [0.2, 0.25) is 5.91 Å². The number of carbonyl (C=O) groups excluding carboxylic acids is 2. The van der Waals surface area contributed by atoms with Gasteiger partial charge in [-0.3, -0.25) is 4.79 Å². The minimum atomic E-state index is -0.324. The van der Waals surface area contributed by atoms with E-state index in [2.05, 4.69) is 17.4 Å². The Bertz CT molecular complexity index is 578. The minimum Gasteiger partial charge on any atom is -0.373 e. The van der Waals surface area contributed by atoms with Gasteiger partial charge >= 0.3 is 6.03 Å². The third-order valence-corrected chi connectivity index (χ3v) is 4.97. The number of benzene rings is 1. The Balaban J connectivity index is 1.54. The van der Waals surface area contributed by atoms with Gasteiger partial charge in [-0.25, -0.2) is 4.79 Å². The molecule has 2 aliphatic heterocycles. The van der Waals surface area contributed by atoms with Gasteiger partial charge < -0.3 is 20.7 Å². The lowest BCUT2D eigenvalue weighted by Gasteiger charge is -2.32. The first-order valence-electron chi connectivity index (χ1n) is 8.64.